The van der Waals surface area contributed by atoms with Crippen molar-refractivity contribution in [2.45, 2.75) is 57.6 Å². The highest BCUT2D eigenvalue weighted by atomic mass is 19.1. The van der Waals surface area contributed by atoms with Gasteiger partial charge in [0.15, 0.2) is 5.82 Å². The third kappa shape index (κ3) is 5.11. The number of aromatic hydroxyl groups is 1. The van der Waals surface area contributed by atoms with Gasteiger partial charge in [-0.05, 0) is 76.2 Å². The summed E-state index contributed by atoms with van der Waals surface area (Å²) in [5.41, 5.74) is 0.862. The molecule has 2 N–H and O–H groups in total. The highest BCUT2D eigenvalue weighted by molar-refractivity contribution is 6.03. The highest BCUT2D eigenvalue weighted by Crippen LogP contribution is 2.42. The van der Waals surface area contributed by atoms with Crippen LogP contribution < -0.4 is 9.64 Å². The molecule has 0 radical (unpaired) electrons. The lowest BCUT2D eigenvalue weighted by Gasteiger charge is -2.31. The largest absolute Gasteiger partial charge is 0.508 e. The number of phenols is 1. The van der Waals surface area contributed by atoms with Crippen molar-refractivity contribution in [3.05, 3.63) is 47.2 Å². The first-order valence-electron chi connectivity index (χ1n) is 14.7. The van der Waals surface area contributed by atoms with Crippen molar-refractivity contribution in [1.29, 1.82) is 0 Å². The number of aromatic nitrogens is 3. The van der Waals surface area contributed by atoms with Crippen LogP contribution >= 0.6 is 0 Å². The molecular formula is C33H35F2N5O3. The zero-order valence-corrected chi connectivity index (χ0v) is 24.6. The van der Waals surface area contributed by atoms with E-state index in [2.05, 4.69) is 25.8 Å². The fourth-order valence-corrected chi connectivity index (χ4v) is 6.70. The number of likely N-dealkylation sites (N-methyl/N-ethyl adjacent to an activating group) is 1. The molecule has 2 aromatic carbocycles. The molecule has 8 nitrogen and oxygen atoms in total. The van der Waals surface area contributed by atoms with Crippen molar-refractivity contribution in [3.63, 3.8) is 0 Å². The number of aliphatic hydroxyl groups is 1. The average molecular weight is 588 g/mol. The van der Waals surface area contributed by atoms with Crippen molar-refractivity contribution in [1.82, 2.24) is 19.9 Å². The molecule has 7 rings (SSSR count). The number of ether oxygens (including phenoxy) is 1. The Morgan fingerprint density at radius 1 is 1.07 bits per heavy atom. The van der Waals surface area contributed by atoms with E-state index < -0.39 is 11.6 Å². The van der Waals surface area contributed by atoms with Gasteiger partial charge in [-0.25, -0.2) is 13.8 Å². The number of aliphatic hydroxyl groups excluding tert-OH is 1. The number of phenolic OH excluding ortho intramolecular Hbond substituents is 1. The van der Waals surface area contributed by atoms with Crippen LogP contribution in [0.15, 0.2) is 24.3 Å². The number of halogens is 2. The van der Waals surface area contributed by atoms with Crippen molar-refractivity contribution in [2.24, 2.45) is 0 Å². The molecule has 2 fully saturated rings. The summed E-state index contributed by atoms with van der Waals surface area (Å²) in [6.45, 7) is 6.66. The van der Waals surface area contributed by atoms with Gasteiger partial charge >= 0.3 is 6.01 Å². The molecule has 2 aromatic heterocycles. The van der Waals surface area contributed by atoms with E-state index in [0.29, 0.717) is 47.2 Å². The molecular weight excluding hydrogens is 552 g/mol. The Hall–Kier alpha value is -4.07. The summed E-state index contributed by atoms with van der Waals surface area (Å²) in [5, 5.41) is 19.9. The van der Waals surface area contributed by atoms with Crippen molar-refractivity contribution in [3.8, 4) is 35.4 Å². The maximum Gasteiger partial charge on any atom is 0.319 e. The third-order valence-electron chi connectivity index (χ3n) is 8.60. The van der Waals surface area contributed by atoms with Crippen LogP contribution in [0.1, 0.15) is 50.8 Å². The lowest BCUT2D eigenvalue weighted by molar-refractivity contribution is 0.108. The van der Waals surface area contributed by atoms with Gasteiger partial charge in [0, 0.05) is 37.1 Å². The summed E-state index contributed by atoms with van der Waals surface area (Å²) < 4.78 is 37.4. The maximum absolute atomic E-state index is 16.5. The Labute approximate surface area is 249 Å². The molecule has 5 heterocycles. The summed E-state index contributed by atoms with van der Waals surface area (Å²) >= 11 is 0. The summed E-state index contributed by atoms with van der Waals surface area (Å²) in [6.07, 6.45) is 10.5. The lowest BCUT2D eigenvalue weighted by Crippen LogP contribution is -2.43. The van der Waals surface area contributed by atoms with Crippen LogP contribution in [-0.4, -0.2) is 75.0 Å². The van der Waals surface area contributed by atoms with Crippen molar-refractivity contribution < 1.29 is 23.7 Å². The first kappa shape index (κ1) is 29.0. The molecule has 0 atom stereocenters. The Morgan fingerprint density at radius 3 is 2.49 bits per heavy atom. The summed E-state index contributed by atoms with van der Waals surface area (Å²) in [5.74, 6) is 1.55. The summed E-state index contributed by atoms with van der Waals surface area (Å²) in [7, 11) is 1.90. The second-order valence-corrected chi connectivity index (χ2v) is 11.9. The van der Waals surface area contributed by atoms with Gasteiger partial charge in [-0.1, -0.05) is 12.0 Å². The maximum atomic E-state index is 16.5. The number of fused-ring (bicyclic) bond motifs is 2. The van der Waals surface area contributed by atoms with E-state index in [1.807, 2.05) is 11.9 Å². The summed E-state index contributed by atoms with van der Waals surface area (Å²) in [4.78, 5) is 18.4. The van der Waals surface area contributed by atoms with Gasteiger partial charge in [0.2, 0.25) is 0 Å². The number of terminal acetylenes is 1. The van der Waals surface area contributed by atoms with E-state index >= 15 is 4.39 Å². The number of nitrogens with zero attached hydrogens (tertiary/aromatic N) is 5. The van der Waals surface area contributed by atoms with E-state index in [0.717, 1.165) is 38.8 Å². The van der Waals surface area contributed by atoms with Crippen LogP contribution in [0.3, 0.4) is 0 Å². The number of benzene rings is 2. The van der Waals surface area contributed by atoms with Gasteiger partial charge < -0.3 is 19.8 Å². The van der Waals surface area contributed by atoms with Crippen molar-refractivity contribution in [2.75, 3.05) is 38.2 Å². The minimum Gasteiger partial charge on any atom is -0.508 e. The summed E-state index contributed by atoms with van der Waals surface area (Å²) in [6, 6.07) is 5.71. The number of rotatable bonds is 4. The Bertz CT molecular complexity index is 1760. The predicted octanol–water partition coefficient (Wildman–Crippen LogP) is 5.20. The molecule has 10 heteroatoms. The number of anilines is 1. The van der Waals surface area contributed by atoms with Gasteiger partial charge in [-0.15, -0.1) is 6.42 Å². The molecule has 0 spiro atoms. The van der Waals surface area contributed by atoms with Crippen LogP contribution in [0, 0.1) is 24.0 Å². The van der Waals surface area contributed by atoms with E-state index in [1.165, 1.54) is 24.3 Å². The molecule has 0 bridgehead atoms. The minimum atomic E-state index is -0.696. The topological polar surface area (TPSA) is 94.8 Å². The fraction of sp³-hybridized carbons (Fsp3) is 0.424. The molecule has 0 amide bonds. The molecule has 3 aliphatic rings. The average Bonchev–Trinajstić information content (AvgIpc) is 3.55. The Kier molecular flexibility index (Phi) is 7.57. The minimum absolute atomic E-state index is 0.00919. The molecule has 0 aliphatic carbocycles. The molecule has 4 aromatic rings. The third-order valence-corrected chi connectivity index (χ3v) is 8.60. The Morgan fingerprint density at radius 2 is 1.79 bits per heavy atom. The monoisotopic (exact) mass is 587 g/mol. The quantitative estimate of drug-likeness (QED) is 0.315. The fourth-order valence-electron chi connectivity index (χ4n) is 6.70. The molecule has 43 heavy (non-hydrogen) atoms. The second-order valence-electron chi connectivity index (χ2n) is 11.9. The van der Waals surface area contributed by atoms with E-state index in [4.69, 9.17) is 16.3 Å². The van der Waals surface area contributed by atoms with Crippen LogP contribution in [0.25, 0.3) is 32.9 Å². The molecule has 0 saturated carbocycles. The van der Waals surface area contributed by atoms with Crippen molar-refractivity contribution >= 4 is 27.5 Å². The first-order valence-corrected chi connectivity index (χ1v) is 14.7. The second kappa shape index (κ2) is 11.2. The van der Waals surface area contributed by atoms with Gasteiger partial charge in [0.05, 0.1) is 22.2 Å². The van der Waals surface area contributed by atoms with E-state index in [9.17, 15) is 9.50 Å². The molecule has 0 unspecified atom stereocenters. The standard InChI is InChI=1S/C30H27F2N5O2.C3H8O/c1-3-19-21(31)7-6-17-14-18(38)15-20(23(17)19)26-25(32)27-24-22(33-26)8-13-36(2)28(24)35-29(34-27)39-16-30-9-4-11-37(30)12-5-10-30;1-3(2)4/h1,6-7,14-15,38H,4-5,8-13,16H2,2H3;3-4H,1-2H3. The van der Waals surface area contributed by atoms with Crippen LogP contribution in [-0.2, 0) is 6.42 Å². The zero-order chi connectivity index (χ0) is 30.5. The van der Waals surface area contributed by atoms with E-state index in [-0.39, 0.29) is 45.7 Å². The normalized spacial score (nSPS) is 17.2. The lowest BCUT2D eigenvalue weighted by atomic mass is 9.95. The number of hydrogen-bond donors (Lipinski definition) is 2. The SMILES string of the molecule is C#Cc1c(F)ccc2cc(O)cc(-c3nc4c5c(nc(OCC67CCCN6CCC7)nc5c3F)N(C)CC4)c12.CC(C)O. The van der Waals surface area contributed by atoms with E-state index in [1.54, 1.807) is 13.8 Å². The van der Waals surface area contributed by atoms with Gasteiger partial charge in [0.1, 0.15) is 35.2 Å². The Balaban J connectivity index is 0.000000777. The molecule has 224 valence electrons. The molecule has 3 aliphatic heterocycles. The van der Waals surface area contributed by atoms with Gasteiger partial charge in [0.25, 0.3) is 0 Å². The van der Waals surface area contributed by atoms with Gasteiger partial charge in [-0.3, -0.25) is 4.90 Å². The smallest absolute Gasteiger partial charge is 0.319 e. The first-order chi connectivity index (χ1) is 20.6. The van der Waals surface area contributed by atoms with Gasteiger partial charge in [-0.2, -0.15) is 9.97 Å². The number of hydrogen-bond acceptors (Lipinski definition) is 8. The van der Waals surface area contributed by atoms with Crippen LogP contribution in [0.5, 0.6) is 11.8 Å². The molecule has 2 saturated heterocycles. The zero-order valence-electron chi connectivity index (χ0n) is 24.6. The predicted molar refractivity (Wildman–Crippen MR) is 162 cm³/mol. The van der Waals surface area contributed by atoms with Crippen LogP contribution in [0.2, 0.25) is 0 Å². The highest BCUT2D eigenvalue weighted by Gasteiger charge is 2.45. The van der Waals surface area contributed by atoms with Crippen LogP contribution in [0.4, 0.5) is 14.6 Å². The number of pyridine rings is 1.